The van der Waals surface area contributed by atoms with Crippen molar-refractivity contribution in [2.24, 2.45) is 0 Å². The zero-order chi connectivity index (χ0) is 18.9. The van der Waals surface area contributed by atoms with E-state index in [0.717, 1.165) is 0 Å². The SMILES string of the molecule is Cc1n[nH]c(C)c1S(=O)(=O)N1CCN(C(=O)Nc2cccc(Cl)c2)CC1. The summed E-state index contributed by atoms with van der Waals surface area (Å²) in [7, 11) is -3.63. The van der Waals surface area contributed by atoms with Gasteiger partial charge in [0, 0.05) is 36.9 Å². The fraction of sp³-hybridized carbons (Fsp3) is 0.375. The van der Waals surface area contributed by atoms with Gasteiger partial charge in [0.2, 0.25) is 10.0 Å². The van der Waals surface area contributed by atoms with Crippen LogP contribution in [0.5, 0.6) is 0 Å². The first-order valence-electron chi connectivity index (χ1n) is 8.12. The van der Waals surface area contributed by atoms with Crippen LogP contribution in [0.3, 0.4) is 0 Å². The Balaban J connectivity index is 1.65. The van der Waals surface area contributed by atoms with Crippen LogP contribution in [-0.4, -0.2) is 60.0 Å². The number of aromatic amines is 1. The zero-order valence-electron chi connectivity index (χ0n) is 14.5. The smallest absolute Gasteiger partial charge is 0.321 e. The summed E-state index contributed by atoms with van der Waals surface area (Å²) in [6.07, 6.45) is 0. The molecular weight excluding hydrogens is 378 g/mol. The summed E-state index contributed by atoms with van der Waals surface area (Å²) in [6, 6.07) is 6.60. The lowest BCUT2D eigenvalue weighted by molar-refractivity contribution is 0.184. The maximum Gasteiger partial charge on any atom is 0.321 e. The molecule has 1 fully saturated rings. The second-order valence-corrected chi connectivity index (χ2v) is 8.41. The molecule has 26 heavy (non-hydrogen) atoms. The number of carbonyl (C=O) groups excluding carboxylic acids is 1. The summed E-state index contributed by atoms with van der Waals surface area (Å²) in [6.45, 7) is 4.42. The van der Waals surface area contributed by atoms with Crippen molar-refractivity contribution in [3.63, 3.8) is 0 Å². The molecular formula is C16H20ClN5O3S. The molecule has 0 spiro atoms. The molecule has 0 aliphatic carbocycles. The molecule has 3 rings (SSSR count). The van der Waals surface area contributed by atoms with E-state index in [2.05, 4.69) is 15.5 Å². The Kier molecular flexibility index (Phi) is 5.22. The summed E-state index contributed by atoms with van der Waals surface area (Å²) in [4.78, 5) is 14.2. The van der Waals surface area contributed by atoms with Crippen molar-refractivity contribution in [1.29, 1.82) is 0 Å². The Morgan fingerprint density at radius 2 is 1.92 bits per heavy atom. The maximum absolute atomic E-state index is 12.8. The van der Waals surface area contributed by atoms with Gasteiger partial charge in [-0.15, -0.1) is 0 Å². The molecule has 10 heteroatoms. The summed E-state index contributed by atoms with van der Waals surface area (Å²) < 4.78 is 27.0. The number of anilines is 1. The Morgan fingerprint density at radius 1 is 1.23 bits per heavy atom. The van der Waals surface area contributed by atoms with Crippen LogP contribution in [-0.2, 0) is 10.0 Å². The van der Waals surface area contributed by atoms with Crippen molar-refractivity contribution >= 4 is 33.3 Å². The summed E-state index contributed by atoms with van der Waals surface area (Å²) >= 11 is 5.91. The Bertz CT molecular complexity index is 900. The van der Waals surface area contributed by atoms with Crippen LogP contribution in [0.1, 0.15) is 11.4 Å². The Morgan fingerprint density at radius 3 is 2.50 bits per heavy atom. The first kappa shape index (κ1) is 18.7. The molecule has 0 saturated carbocycles. The largest absolute Gasteiger partial charge is 0.322 e. The number of urea groups is 1. The molecule has 2 aromatic rings. The van der Waals surface area contributed by atoms with Crippen LogP contribution < -0.4 is 5.32 Å². The second kappa shape index (κ2) is 7.26. The number of nitrogens with one attached hydrogen (secondary N) is 2. The monoisotopic (exact) mass is 397 g/mol. The van der Waals surface area contributed by atoms with Crippen molar-refractivity contribution < 1.29 is 13.2 Å². The standard InChI is InChI=1S/C16H20ClN5O3S/c1-11-15(12(2)20-19-11)26(24,25)22-8-6-21(7-9-22)16(23)18-14-5-3-4-13(17)10-14/h3-5,10H,6-9H2,1-2H3,(H,18,23)(H,19,20). The lowest BCUT2D eigenvalue weighted by Gasteiger charge is -2.34. The lowest BCUT2D eigenvalue weighted by Crippen LogP contribution is -2.51. The number of aromatic nitrogens is 2. The van der Waals surface area contributed by atoms with E-state index in [0.29, 0.717) is 35.2 Å². The fourth-order valence-electron chi connectivity index (χ4n) is 2.95. The van der Waals surface area contributed by atoms with E-state index in [-0.39, 0.29) is 24.0 Å². The van der Waals surface area contributed by atoms with Gasteiger partial charge in [0.25, 0.3) is 0 Å². The number of aryl methyl sites for hydroxylation is 2. The number of halogens is 1. The number of H-pyrrole nitrogens is 1. The van der Waals surface area contributed by atoms with Crippen molar-refractivity contribution in [1.82, 2.24) is 19.4 Å². The summed E-state index contributed by atoms with van der Waals surface area (Å²) in [5, 5.41) is 9.96. The highest BCUT2D eigenvalue weighted by atomic mass is 35.5. The van der Waals surface area contributed by atoms with Gasteiger partial charge in [-0.1, -0.05) is 17.7 Å². The van der Waals surface area contributed by atoms with E-state index in [1.807, 2.05) is 0 Å². The topological polar surface area (TPSA) is 98.4 Å². The molecule has 1 aliphatic heterocycles. The van der Waals surface area contributed by atoms with Gasteiger partial charge in [-0.05, 0) is 32.0 Å². The Labute approximate surface area is 157 Å². The average molecular weight is 398 g/mol. The Hall–Kier alpha value is -2.10. The van der Waals surface area contributed by atoms with Crippen molar-refractivity contribution in [2.45, 2.75) is 18.7 Å². The van der Waals surface area contributed by atoms with Crippen LogP contribution in [0.4, 0.5) is 10.5 Å². The molecule has 2 amide bonds. The number of amides is 2. The van der Waals surface area contributed by atoms with E-state index < -0.39 is 10.0 Å². The van der Waals surface area contributed by atoms with Gasteiger partial charge in [-0.3, -0.25) is 5.10 Å². The van der Waals surface area contributed by atoms with E-state index in [4.69, 9.17) is 11.6 Å². The van der Waals surface area contributed by atoms with Crippen LogP contribution in [0.25, 0.3) is 0 Å². The van der Waals surface area contributed by atoms with Gasteiger partial charge in [-0.25, -0.2) is 13.2 Å². The molecule has 1 aliphatic rings. The van der Waals surface area contributed by atoms with Crippen LogP contribution in [0, 0.1) is 13.8 Å². The van der Waals surface area contributed by atoms with Gasteiger partial charge in [0.1, 0.15) is 4.90 Å². The minimum absolute atomic E-state index is 0.217. The van der Waals surface area contributed by atoms with E-state index in [1.165, 1.54) is 4.31 Å². The molecule has 1 aromatic heterocycles. The molecule has 2 N–H and O–H groups in total. The molecule has 8 nitrogen and oxygen atoms in total. The number of benzene rings is 1. The third-order valence-electron chi connectivity index (χ3n) is 4.26. The fourth-order valence-corrected chi connectivity index (χ4v) is 4.89. The number of hydrogen-bond donors (Lipinski definition) is 2. The van der Waals surface area contributed by atoms with Crippen LogP contribution in [0.15, 0.2) is 29.2 Å². The first-order chi connectivity index (χ1) is 12.3. The predicted octanol–water partition coefficient (Wildman–Crippen LogP) is 2.22. The van der Waals surface area contributed by atoms with Crippen molar-refractivity contribution in [3.05, 3.63) is 40.7 Å². The molecule has 140 valence electrons. The minimum atomic E-state index is -3.63. The number of hydrogen-bond acceptors (Lipinski definition) is 4. The highest BCUT2D eigenvalue weighted by molar-refractivity contribution is 7.89. The quantitative estimate of drug-likeness (QED) is 0.829. The van der Waals surface area contributed by atoms with Crippen LogP contribution >= 0.6 is 11.6 Å². The molecule has 1 aromatic carbocycles. The lowest BCUT2D eigenvalue weighted by atomic mass is 10.3. The van der Waals surface area contributed by atoms with E-state index >= 15 is 0 Å². The third kappa shape index (κ3) is 3.69. The normalized spacial score (nSPS) is 15.9. The van der Waals surface area contributed by atoms with E-state index in [9.17, 15) is 13.2 Å². The third-order valence-corrected chi connectivity index (χ3v) is 6.66. The summed E-state index contributed by atoms with van der Waals surface area (Å²) in [5.74, 6) is 0. The number of nitrogens with zero attached hydrogens (tertiary/aromatic N) is 3. The maximum atomic E-state index is 12.8. The highest BCUT2D eigenvalue weighted by Crippen LogP contribution is 2.23. The number of rotatable bonds is 3. The number of sulfonamides is 1. The highest BCUT2D eigenvalue weighted by Gasteiger charge is 2.33. The first-order valence-corrected chi connectivity index (χ1v) is 9.94. The van der Waals surface area contributed by atoms with Crippen molar-refractivity contribution in [3.8, 4) is 0 Å². The van der Waals surface area contributed by atoms with Gasteiger partial charge in [0.15, 0.2) is 0 Å². The van der Waals surface area contributed by atoms with Crippen molar-refractivity contribution in [2.75, 3.05) is 31.5 Å². The van der Waals surface area contributed by atoms with Crippen LogP contribution in [0.2, 0.25) is 5.02 Å². The zero-order valence-corrected chi connectivity index (χ0v) is 16.1. The number of piperazine rings is 1. The van der Waals surface area contributed by atoms with Gasteiger partial charge < -0.3 is 10.2 Å². The summed E-state index contributed by atoms with van der Waals surface area (Å²) in [5.41, 5.74) is 1.56. The average Bonchev–Trinajstić information content (AvgIpc) is 2.94. The molecule has 0 bridgehead atoms. The molecule has 0 atom stereocenters. The van der Waals surface area contributed by atoms with Gasteiger partial charge in [0.05, 0.1) is 11.4 Å². The molecule has 0 unspecified atom stereocenters. The molecule has 2 heterocycles. The second-order valence-electron chi connectivity index (χ2n) is 6.09. The number of carbonyl (C=O) groups is 1. The van der Waals surface area contributed by atoms with Gasteiger partial charge in [-0.2, -0.15) is 9.40 Å². The van der Waals surface area contributed by atoms with Gasteiger partial charge >= 0.3 is 6.03 Å². The molecule has 1 saturated heterocycles. The van der Waals surface area contributed by atoms with E-state index in [1.54, 1.807) is 43.0 Å². The minimum Gasteiger partial charge on any atom is -0.322 e. The predicted molar refractivity (Wildman–Crippen MR) is 98.9 cm³/mol. The molecule has 0 radical (unpaired) electrons.